The molecule has 19 heavy (non-hydrogen) atoms. The van der Waals surface area contributed by atoms with E-state index in [0.717, 1.165) is 6.21 Å². The van der Waals surface area contributed by atoms with Crippen molar-refractivity contribution >= 4 is 33.8 Å². The van der Waals surface area contributed by atoms with Crippen molar-refractivity contribution in [3.63, 3.8) is 0 Å². The van der Waals surface area contributed by atoms with Crippen LogP contribution in [0.3, 0.4) is 0 Å². The van der Waals surface area contributed by atoms with Gasteiger partial charge in [0.15, 0.2) is 0 Å². The predicted molar refractivity (Wildman–Crippen MR) is 76.3 cm³/mol. The molecule has 0 saturated carbocycles. The van der Waals surface area contributed by atoms with E-state index in [1.54, 1.807) is 20.8 Å². The number of halogens is 2. The maximum absolute atomic E-state index is 13.3. The molecule has 4 nitrogen and oxygen atoms in total. The van der Waals surface area contributed by atoms with Crippen molar-refractivity contribution in [2.24, 2.45) is 0 Å². The molecule has 104 valence electrons. The van der Waals surface area contributed by atoms with Gasteiger partial charge in [-0.1, -0.05) is 0 Å². The van der Waals surface area contributed by atoms with Gasteiger partial charge in [0.05, 0.1) is 4.47 Å². The number of hydrogen-bond donors (Lipinski definition) is 2. The van der Waals surface area contributed by atoms with Gasteiger partial charge in [0, 0.05) is 17.5 Å². The summed E-state index contributed by atoms with van der Waals surface area (Å²) in [5.41, 5.74) is 0.311. The van der Waals surface area contributed by atoms with E-state index in [4.69, 9.17) is 10.1 Å². The summed E-state index contributed by atoms with van der Waals surface area (Å²) in [6.45, 7) is 5.29. The summed E-state index contributed by atoms with van der Waals surface area (Å²) in [6.07, 6.45) is 1.02. The third kappa shape index (κ3) is 4.98. The molecule has 0 radical (unpaired) electrons. The summed E-state index contributed by atoms with van der Waals surface area (Å²) in [5, 5.41) is 10.1. The number of carbonyl (C=O) groups excluding carboxylic acids is 1. The Bertz CT molecular complexity index is 498. The van der Waals surface area contributed by atoms with Crippen molar-refractivity contribution in [1.29, 1.82) is 5.41 Å². The van der Waals surface area contributed by atoms with Gasteiger partial charge in [0.1, 0.15) is 18.0 Å². The summed E-state index contributed by atoms with van der Waals surface area (Å²) in [6, 6.07) is 2.70. The number of nitrogens with one attached hydrogen (secondary N) is 2. The van der Waals surface area contributed by atoms with Gasteiger partial charge in [-0.2, -0.15) is 0 Å². The van der Waals surface area contributed by atoms with E-state index in [-0.39, 0.29) is 11.0 Å². The Balaban J connectivity index is 2.75. The van der Waals surface area contributed by atoms with Crippen LogP contribution in [0, 0.1) is 11.2 Å². The summed E-state index contributed by atoms with van der Waals surface area (Å²) in [5.74, 6) is -0.870. The lowest BCUT2D eigenvalue weighted by molar-refractivity contribution is -0.152. The molecule has 0 aliphatic rings. The van der Waals surface area contributed by atoms with Gasteiger partial charge in [-0.3, -0.25) is 4.79 Å². The zero-order chi connectivity index (χ0) is 14.6. The Hall–Kier alpha value is -1.43. The van der Waals surface area contributed by atoms with Crippen LogP contribution < -0.4 is 5.32 Å². The summed E-state index contributed by atoms with van der Waals surface area (Å²) < 4.78 is 18.7. The van der Waals surface area contributed by atoms with Gasteiger partial charge in [0.2, 0.25) is 0 Å². The SMILES string of the molecule is CC(C)(C)OC(=O)CNc1cc(Br)c(F)cc1C=N. The van der Waals surface area contributed by atoms with Crippen molar-refractivity contribution in [3.05, 3.63) is 28.0 Å². The molecule has 1 rings (SSSR count). The lowest BCUT2D eigenvalue weighted by atomic mass is 10.2. The molecule has 0 saturated heterocycles. The minimum Gasteiger partial charge on any atom is -0.459 e. The molecule has 0 bridgehead atoms. The zero-order valence-corrected chi connectivity index (χ0v) is 12.6. The third-order valence-electron chi connectivity index (χ3n) is 2.09. The number of rotatable bonds is 4. The van der Waals surface area contributed by atoms with Crippen molar-refractivity contribution in [1.82, 2.24) is 0 Å². The Kier molecular flexibility index (Phi) is 5.05. The second kappa shape index (κ2) is 6.14. The molecule has 6 heteroatoms. The largest absolute Gasteiger partial charge is 0.459 e. The van der Waals surface area contributed by atoms with Crippen molar-refractivity contribution < 1.29 is 13.9 Å². The molecule has 0 heterocycles. The first-order valence-electron chi connectivity index (χ1n) is 5.68. The molecule has 0 fully saturated rings. The average Bonchev–Trinajstić information content (AvgIpc) is 2.28. The van der Waals surface area contributed by atoms with Crippen LogP contribution in [0.15, 0.2) is 16.6 Å². The fraction of sp³-hybridized carbons (Fsp3) is 0.385. The number of carbonyl (C=O) groups is 1. The Morgan fingerprint density at radius 3 is 2.68 bits per heavy atom. The molecule has 0 amide bonds. The lowest BCUT2D eigenvalue weighted by Crippen LogP contribution is -2.28. The van der Waals surface area contributed by atoms with Crippen LogP contribution in [-0.2, 0) is 9.53 Å². The standard InChI is InChI=1S/C13H16BrFN2O2/c1-13(2,3)19-12(18)7-17-11-5-9(14)10(15)4-8(11)6-16/h4-6,16-17H,7H2,1-3H3. The summed E-state index contributed by atoms with van der Waals surface area (Å²) in [4.78, 5) is 11.6. The second-order valence-electron chi connectivity index (χ2n) is 4.94. The normalized spacial score (nSPS) is 11.0. The lowest BCUT2D eigenvalue weighted by Gasteiger charge is -2.20. The van der Waals surface area contributed by atoms with E-state index in [1.165, 1.54) is 12.1 Å². The molecule has 1 aromatic rings. The Morgan fingerprint density at radius 2 is 2.16 bits per heavy atom. The van der Waals surface area contributed by atoms with E-state index in [0.29, 0.717) is 11.3 Å². The van der Waals surface area contributed by atoms with Crippen molar-refractivity contribution in [2.45, 2.75) is 26.4 Å². The highest BCUT2D eigenvalue weighted by Gasteiger charge is 2.16. The second-order valence-corrected chi connectivity index (χ2v) is 5.79. The molecule has 2 N–H and O–H groups in total. The molecule has 0 aliphatic heterocycles. The Labute approximate surface area is 120 Å². The van der Waals surface area contributed by atoms with Crippen molar-refractivity contribution in [3.8, 4) is 0 Å². The predicted octanol–water partition coefficient (Wildman–Crippen LogP) is 3.34. The maximum atomic E-state index is 13.3. The topological polar surface area (TPSA) is 62.2 Å². The first kappa shape index (κ1) is 15.6. The fourth-order valence-corrected chi connectivity index (χ4v) is 1.72. The van der Waals surface area contributed by atoms with E-state index in [1.807, 2.05) is 0 Å². The number of esters is 1. The fourth-order valence-electron chi connectivity index (χ4n) is 1.38. The highest BCUT2D eigenvalue weighted by molar-refractivity contribution is 9.10. The highest BCUT2D eigenvalue weighted by atomic mass is 79.9. The third-order valence-corrected chi connectivity index (χ3v) is 2.70. The van der Waals surface area contributed by atoms with E-state index >= 15 is 0 Å². The smallest absolute Gasteiger partial charge is 0.325 e. The van der Waals surface area contributed by atoms with Gasteiger partial charge in [0.25, 0.3) is 0 Å². The summed E-state index contributed by atoms with van der Waals surface area (Å²) in [7, 11) is 0. The summed E-state index contributed by atoms with van der Waals surface area (Å²) >= 11 is 3.06. The molecule has 0 aromatic heterocycles. The Morgan fingerprint density at radius 1 is 1.53 bits per heavy atom. The van der Waals surface area contributed by atoms with Gasteiger partial charge in [-0.15, -0.1) is 0 Å². The molecule has 0 atom stereocenters. The first-order valence-corrected chi connectivity index (χ1v) is 6.47. The number of ether oxygens (including phenoxy) is 1. The van der Waals surface area contributed by atoms with Crippen LogP contribution in [0.2, 0.25) is 0 Å². The quantitative estimate of drug-likeness (QED) is 0.657. The molecule has 0 spiro atoms. The van der Waals surface area contributed by atoms with Crippen LogP contribution in [0.25, 0.3) is 0 Å². The molecular weight excluding hydrogens is 315 g/mol. The molecule has 1 aromatic carbocycles. The van der Waals surface area contributed by atoms with Gasteiger partial charge < -0.3 is 15.5 Å². The monoisotopic (exact) mass is 330 g/mol. The van der Waals surface area contributed by atoms with Crippen LogP contribution in [-0.4, -0.2) is 24.3 Å². The van der Waals surface area contributed by atoms with Gasteiger partial charge >= 0.3 is 5.97 Å². The minimum absolute atomic E-state index is 0.0455. The van der Waals surface area contributed by atoms with Crippen LogP contribution in [0.4, 0.5) is 10.1 Å². The first-order chi connectivity index (χ1) is 8.73. The maximum Gasteiger partial charge on any atom is 0.325 e. The van der Waals surface area contributed by atoms with Crippen LogP contribution in [0.1, 0.15) is 26.3 Å². The van der Waals surface area contributed by atoms with Crippen molar-refractivity contribution in [2.75, 3.05) is 11.9 Å². The van der Waals surface area contributed by atoms with Crippen LogP contribution in [0.5, 0.6) is 0 Å². The number of hydrogen-bond acceptors (Lipinski definition) is 4. The molecule has 0 unspecified atom stereocenters. The number of anilines is 1. The minimum atomic E-state index is -0.549. The van der Waals surface area contributed by atoms with E-state index in [2.05, 4.69) is 21.2 Å². The average molecular weight is 331 g/mol. The number of benzene rings is 1. The van der Waals surface area contributed by atoms with E-state index in [9.17, 15) is 9.18 Å². The van der Waals surface area contributed by atoms with Crippen LogP contribution >= 0.6 is 15.9 Å². The molecular formula is C13H16BrFN2O2. The highest BCUT2D eigenvalue weighted by Crippen LogP contribution is 2.23. The van der Waals surface area contributed by atoms with Gasteiger partial charge in [-0.25, -0.2) is 4.39 Å². The zero-order valence-electron chi connectivity index (χ0n) is 11.0. The van der Waals surface area contributed by atoms with E-state index < -0.39 is 17.4 Å². The molecule has 0 aliphatic carbocycles. The van der Waals surface area contributed by atoms with Gasteiger partial charge in [-0.05, 0) is 48.8 Å².